The highest BCUT2D eigenvalue weighted by atomic mass is 16.4. The third-order valence-electron chi connectivity index (χ3n) is 3.09. The number of carbonyl (C=O) groups is 2. The Balaban J connectivity index is 2.42. The Bertz CT molecular complexity index is 624. The van der Waals surface area contributed by atoms with E-state index in [0.29, 0.717) is 5.69 Å². The van der Waals surface area contributed by atoms with Gasteiger partial charge in [-0.05, 0) is 6.92 Å². The molecule has 1 aromatic heterocycles. The van der Waals surface area contributed by atoms with Gasteiger partial charge in [-0.15, -0.1) is 0 Å². The van der Waals surface area contributed by atoms with E-state index in [1.54, 1.807) is 0 Å². The van der Waals surface area contributed by atoms with Gasteiger partial charge in [0.25, 0.3) is 0 Å². The standard InChI is InChI=1S/C14H12N2O4/c1-14(12(17)18,13(19)20)11-8-15-10(7-16-11)9-5-3-2-4-6-9/h2-8H,1H3,(H,17,18)(H,19,20). The minimum Gasteiger partial charge on any atom is -0.480 e. The molecular formula is C14H12N2O4. The fourth-order valence-corrected chi connectivity index (χ4v) is 1.65. The summed E-state index contributed by atoms with van der Waals surface area (Å²) in [7, 11) is 0. The molecule has 0 saturated heterocycles. The van der Waals surface area contributed by atoms with Crippen LogP contribution in [0.25, 0.3) is 11.3 Å². The van der Waals surface area contributed by atoms with Crippen LogP contribution >= 0.6 is 0 Å². The normalized spacial score (nSPS) is 11.1. The fraction of sp³-hybridized carbons (Fsp3) is 0.143. The molecular weight excluding hydrogens is 260 g/mol. The molecule has 20 heavy (non-hydrogen) atoms. The number of carboxylic acid groups (broad SMARTS) is 2. The second-order valence-electron chi connectivity index (χ2n) is 4.39. The van der Waals surface area contributed by atoms with E-state index in [9.17, 15) is 9.59 Å². The first-order valence-corrected chi connectivity index (χ1v) is 5.81. The summed E-state index contributed by atoms with van der Waals surface area (Å²) in [4.78, 5) is 30.4. The second-order valence-corrected chi connectivity index (χ2v) is 4.39. The number of benzene rings is 1. The topological polar surface area (TPSA) is 100 Å². The average Bonchev–Trinajstić information content (AvgIpc) is 2.47. The summed E-state index contributed by atoms with van der Waals surface area (Å²) in [5.41, 5.74) is -0.856. The van der Waals surface area contributed by atoms with Crippen LogP contribution in [0.4, 0.5) is 0 Å². The predicted octanol–water partition coefficient (Wildman–Crippen LogP) is 1.57. The van der Waals surface area contributed by atoms with Crippen LogP contribution in [0.3, 0.4) is 0 Å². The van der Waals surface area contributed by atoms with Gasteiger partial charge in [-0.25, -0.2) is 0 Å². The molecule has 0 spiro atoms. The van der Waals surface area contributed by atoms with E-state index in [4.69, 9.17) is 10.2 Å². The third kappa shape index (κ3) is 2.23. The van der Waals surface area contributed by atoms with E-state index >= 15 is 0 Å². The number of rotatable bonds is 4. The van der Waals surface area contributed by atoms with Crippen molar-refractivity contribution in [1.29, 1.82) is 0 Å². The second kappa shape index (κ2) is 5.08. The molecule has 0 aliphatic rings. The van der Waals surface area contributed by atoms with E-state index in [1.165, 1.54) is 12.4 Å². The van der Waals surface area contributed by atoms with Gasteiger partial charge in [0.15, 0.2) is 0 Å². The van der Waals surface area contributed by atoms with Crippen LogP contribution in [0.1, 0.15) is 12.6 Å². The van der Waals surface area contributed by atoms with Crippen molar-refractivity contribution in [3.8, 4) is 11.3 Å². The molecule has 0 bridgehead atoms. The maximum atomic E-state index is 11.2. The minimum atomic E-state index is -2.11. The van der Waals surface area contributed by atoms with Gasteiger partial charge in [0.2, 0.25) is 5.41 Å². The quantitative estimate of drug-likeness (QED) is 0.819. The maximum Gasteiger partial charge on any atom is 0.327 e. The highest BCUT2D eigenvalue weighted by molar-refractivity contribution is 6.03. The SMILES string of the molecule is CC(C(=O)O)(C(=O)O)c1cnc(-c2ccccc2)cn1. The van der Waals surface area contributed by atoms with Crippen molar-refractivity contribution < 1.29 is 19.8 Å². The molecule has 0 unspecified atom stereocenters. The van der Waals surface area contributed by atoms with Crippen molar-refractivity contribution in [3.05, 3.63) is 48.4 Å². The first-order chi connectivity index (χ1) is 9.46. The van der Waals surface area contributed by atoms with Crippen molar-refractivity contribution in [3.63, 3.8) is 0 Å². The van der Waals surface area contributed by atoms with Crippen LogP contribution < -0.4 is 0 Å². The fourth-order valence-electron chi connectivity index (χ4n) is 1.65. The zero-order valence-corrected chi connectivity index (χ0v) is 10.6. The lowest BCUT2D eigenvalue weighted by molar-refractivity contribution is -0.156. The van der Waals surface area contributed by atoms with Crippen molar-refractivity contribution in [1.82, 2.24) is 9.97 Å². The summed E-state index contributed by atoms with van der Waals surface area (Å²) in [6.07, 6.45) is 2.55. The molecule has 0 amide bonds. The molecule has 2 aromatic rings. The summed E-state index contributed by atoms with van der Waals surface area (Å²) in [5.74, 6) is -2.96. The summed E-state index contributed by atoms with van der Waals surface area (Å²) in [6, 6.07) is 9.19. The molecule has 0 radical (unpaired) electrons. The number of nitrogens with zero attached hydrogens (tertiary/aromatic N) is 2. The molecule has 1 aromatic carbocycles. The molecule has 1 heterocycles. The van der Waals surface area contributed by atoms with E-state index in [2.05, 4.69) is 9.97 Å². The Labute approximate surface area is 114 Å². The minimum absolute atomic E-state index is 0.114. The molecule has 6 heteroatoms. The highest BCUT2D eigenvalue weighted by Gasteiger charge is 2.45. The maximum absolute atomic E-state index is 11.2. The van der Waals surface area contributed by atoms with Gasteiger partial charge in [0.1, 0.15) is 0 Å². The third-order valence-corrected chi connectivity index (χ3v) is 3.09. The summed E-state index contributed by atoms with van der Waals surface area (Å²) in [5, 5.41) is 18.2. The lowest BCUT2D eigenvalue weighted by Gasteiger charge is -2.18. The lowest BCUT2D eigenvalue weighted by atomic mass is 9.87. The largest absolute Gasteiger partial charge is 0.480 e. The Morgan fingerprint density at radius 2 is 1.60 bits per heavy atom. The Morgan fingerprint density at radius 3 is 2.05 bits per heavy atom. The van der Waals surface area contributed by atoms with Crippen LogP contribution in [0.5, 0.6) is 0 Å². The van der Waals surface area contributed by atoms with Gasteiger partial charge < -0.3 is 10.2 Å². The number of aromatic nitrogens is 2. The molecule has 6 nitrogen and oxygen atoms in total. The molecule has 0 saturated carbocycles. The van der Waals surface area contributed by atoms with Crippen molar-refractivity contribution in [2.75, 3.05) is 0 Å². The predicted molar refractivity (Wildman–Crippen MR) is 70.1 cm³/mol. The molecule has 2 rings (SSSR count). The van der Waals surface area contributed by atoms with Crippen molar-refractivity contribution in [2.45, 2.75) is 12.3 Å². The Kier molecular flexibility index (Phi) is 3.47. The van der Waals surface area contributed by atoms with Gasteiger partial charge in [-0.2, -0.15) is 0 Å². The van der Waals surface area contributed by atoms with E-state index < -0.39 is 17.4 Å². The smallest absolute Gasteiger partial charge is 0.327 e. The van der Waals surface area contributed by atoms with Gasteiger partial charge in [0, 0.05) is 5.56 Å². The van der Waals surface area contributed by atoms with E-state index in [-0.39, 0.29) is 5.69 Å². The van der Waals surface area contributed by atoms with Crippen molar-refractivity contribution in [2.24, 2.45) is 0 Å². The van der Waals surface area contributed by atoms with E-state index in [0.717, 1.165) is 12.5 Å². The average molecular weight is 272 g/mol. The Hall–Kier alpha value is -2.76. The molecule has 0 aliphatic heterocycles. The number of hydrogen-bond donors (Lipinski definition) is 2. The van der Waals surface area contributed by atoms with Gasteiger partial charge in [-0.3, -0.25) is 19.6 Å². The van der Waals surface area contributed by atoms with Crippen LogP contribution in [-0.2, 0) is 15.0 Å². The molecule has 102 valence electrons. The lowest BCUT2D eigenvalue weighted by Crippen LogP contribution is -2.41. The van der Waals surface area contributed by atoms with Crippen LogP contribution in [0, 0.1) is 0 Å². The van der Waals surface area contributed by atoms with Crippen LogP contribution in [0.2, 0.25) is 0 Å². The molecule has 0 atom stereocenters. The van der Waals surface area contributed by atoms with E-state index in [1.807, 2.05) is 30.3 Å². The monoisotopic (exact) mass is 272 g/mol. The number of hydrogen-bond acceptors (Lipinski definition) is 4. The zero-order chi connectivity index (χ0) is 14.8. The van der Waals surface area contributed by atoms with Crippen LogP contribution in [-0.4, -0.2) is 32.1 Å². The summed E-state index contributed by atoms with van der Waals surface area (Å²) >= 11 is 0. The molecule has 2 N–H and O–H groups in total. The highest BCUT2D eigenvalue weighted by Crippen LogP contribution is 2.24. The molecule has 0 aliphatic carbocycles. The first-order valence-electron chi connectivity index (χ1n) is 5.81. The number of carboxylic acids is 2. The van der Waals surface area contributed by atoms with Gasteiger partial charge in [-0.1, -0.05) is 30.3 Å². The van der Waals surface area contributed by atoms with Crippen molar-refractivity contribution >= 4 is 11.9 Å². The first kappa shape index (κ1) is 13.7. The van der Waals surface area contributed by atoms with Gasteiger partial charge >= 0.3 is 11.9 Å². The Morgan fingerprint density at radius 1 is 1.00 bits per heavy atom. The number of aliphatic carboxylic acids is 2. The van der Waals surface area contributed by atoms with Gasteiger partial charge in [0.05, 0.1) is 23.8 Å². The summed E-state index contributed by atoms with van der Waals surface area (Å²) < 4.78 is 0. The molecule has 0 fully saturated rings. The van der Waals surface area contributed by atoms with Crippen LogP contribution in [0.15, 0.2) is 42.7 Å². The summed E-state index contributed by atoms with van der Waals surface area (Å²) in [6.45, 7) is 1.09. The zero-order valence-electron chi connectivity index (χ0n) is 10.6.